The Kier molecular flexibility index (Phi) is 7.12. The highest BCUT2D eigenvalue weighted by Gasteiger charge is 2.32. The van der Waals surface area contributed by atoms with Crippen molar-refractivity contribution in [3.05, 3.63) is 64.2 Å². The number of anilines is 1. The van der Waals surface area contributed by atoms with E-state index in [9.17, 15) is 18.4 Å². The van der Waals surface area contributed by atoms with E-state index in [1.54, 1.807) is 4.90 Å². The maximum Gasteiger partial charge on any atom is 0.337 e. The van der Waals surface area contributed by atoms with E-state index in [2.05, 4.69) is 4.74 Å². The number of rotatable bonds is 5. The second-order valence-electron chi connectivity index (χ2n) is 7.59. The first-order valence-electron chi connectivity index (χ1n) is 9.76. The molecule has 1 fully saturated rings. The summed E-state index contributed by atoms with van der Waals surface area (Å²) in [6.45, 7) is 0.755. The van der Waals surface area contributed by atoms with Gasteiger partial charge in [0.25, 0.3) is 0 Å². The number of carbonyl (C=O) groups is 2. The van der Waals surface area contributed by atoms with Crippen molar-refractivity contribution in [2.45, 2.75) is 19.0 Å². The number of likely N-dealkylation sites (N-methyl/N-ethyl adjacent to an activating group) is 1. The third kappa shape index (κ3) is 4.97. The highest BCUT2D eigenvalue weighted by Crippen LogP contribution is 2.29. The van der Waals surface area contributed by atoms with Crippen LogP contribution >= 0.6 is 11.6 Å². The molecule has 31 heavy (non-hydrogen) atoms. The van der Waals surface area contributed by atoms with Crippen molar-refractivity contribution in [3.63, 3.8) is 0 Å². The maximum atomic E-state index is 14.8. The second-order valence-corrected chi connectivity index (χ2v) is 8.00. The molecule has 3 rings (SSSR count). The Morgan fingerprint density at radius 3 is 2.58 bits per heavy atom. The van der Waals surface area contributed by atoms with Crippen molar-refractivity contribution in [1.82, 2.24) is 9.80 Å². The molecule has 1 aliphatic rings. The third-order valence-electron chi connectivity index (χ3n) is 5.42. The first-order chi connectivity index (χ1) is 14.7. The van der Waals surface area contributed by atoms with E-state index in [1.807, 2.05) is 19.0 Å². The number of carbonyl (C=O) groups excluding carboxylic acids is 2. The van der Waals surface area contributed by atoms with Crippen LogP contribution in [0.5, 0.6) is 0 Å². The van der Waals surface area contributed by atoms with Crippen LogP contribution in [0.2, 0.25) is 5.02 Å². The predicted molar refractivity (Wildman–Crippen MR) is 114 cm³/mol. The van der Waals surface area contributed by atoms with E-state index in [1.165, 1.54) is 42.3 Å². The molecule has 2 aromatic rings. The molecule has 1 heterocycles. The van der Waals surface area contributed by atoms with E-state index in [0.717, 1.165) is 12.5 Å². The number of nitrogens with zero attached hydrogens (tertiary/aromatic N) is 3. The minimum Gasteiger partial charge on any atom is -0.465 e. The van der Waals surface area contributed by atoms with Gasteiger partial charge in [-0.25, -0.2) is 18.4 Å². The molecule has 2 aromatic carbocycles. The molecule has 2 amide bonds. The number of hydrogen-bond acceptors (Lipinski definition) is 4. The Balaban J connectivity index is 1.94. The zero-order valence-electron chi connectivity index (χ0n) is 17.6. The van der Waals surface area contributed by atoms with Gasteiger partial charge >= 0.3 is 12.0 Å². The summed E-state index contributed by atoms with van der Waals surface area (Å²) in [6, 6.07) is 7.91. The van der Waals surface area contributed by atoms with Gasteiger partial charge in [-0.2, -0.15) is 0 Å². The second kappa shape index (κ2) is 9.62. The standard InChI is InChI=1S/C22H24ClF2N3O3/c1-26(2)16-9-10-27(13-16)22(30)28(19-6-4-5-17(23)20(19)25)12-15-8-7-14(11-18(15)24)21(29)31-3/h4-8,11,16H,9-10,12-13H2,1-3H3. The summed E-state index contributed by atoms with van der Waals surface area (Å²) in [7, 11) is 5.07. The van der Waals surface area contributed by atoms with Crippen LogP contribution in [0, 0.1) is 11.6 Å². The van der Waals surface area contributed by atoms with Gasteiger partial charge < -0.3 is 14.5 Å². The van der Waals surface area contributed by atoms with Crippen LogP contribution in [0.4, 0.5) is 19.3 Å². The average Bonchev–Trinajstić information content (AvgIpc) is 3.25. The Labute approximate surface area is 184 Å². The number of esters is 1. The maximum absolute atomic E-state index is 14.8. The molecule has 0 N–H and O–H groups in total. The van der Waals surface area contributed by atoms with E-state index in [4.69, 9.17) is 11.6 Å². The minimum absolute atomic E-state index is 0.0396. The Morgan fingerprint density at radius 2 is 1.97 bits per heavy atom. The van der Waals surface area contributed by atoms with Crippen molar-refractivity contribution in [2.75, 3.05) is 39.2 Å². The van der Waals surface area contributed by atoms with Crippen molar-refractivity contribution in [1.29, 1.82) is 0 Å². The number of likely N-dealkylation sites (tertiary alicyclic amines) is 1. The normalized spacial score (nSPS) is 16.0. The zero-order valence-corrected chi connectivity index (χ0v) is 18.3. The molecule has 1 saturated heterocycles. The molecule has 0 aromatic heterocycles. The predicted octanol–water partition coefficient (Wildman–Crippen LogP) is 4.17. The average molecular weight is 452 g/mol. The van der Waals surface area contributed by atoms with Gasteiger partial charge in [0.2, 0.25) is 0 Å². The van der Waals surface area contributed by atoms with Crippen LogP contribution in [0.15, 0.2) is 36.4 Å². The van der Waals surface area contributed by atoms with Crippen LogP contribution in [-0.4, -0.2) is 62.1 Å². The summed E-state index contributed by atoms with van der Waals surface area (Å²) >= 11 is 5.93. The smallest absolute Gasteiger partial charge is 0.337 e. The number of amides is 2. The highest BCUT2D eigenvalue weighted by molar-refractivity contribution is 6.31. The zero-order chi connectivity index (χ0) is 22.7. The molecule has 1 aliphatic heterocycles. The van der Waals surface area contributed by atoms with Crippen LogP contribution in [0.3, 0.4) is 0 Å². The summed E-state index contributed by atoms with van der Waals surface area (Å²) in [5, 5.41) is -0.135. The van der Waals surface area contributed by atoms with Crippen molar-refractivity contribution in [2.24, 2.45) is 0 Å². The SMILES string of the molecule is COC(=O)c1ccc(CN(C(=O)N2CCC(N(C)C)C2)c2cccc(Cl)c2F)c(F)c1. The quantitative estimate of drug-likeness (QED) is 0.640. The van der Waals surface area contributed by atoms with E-state index in [0.29, 0.717) is 13.1 Å². The lowest BCUT2D eigenvalue weighted by molar-refractivity contribution is 0.0600. The summed E-state index contributed by atoms with van der Waals surface area (Å²) in [5.74, 6) is -2.13. The lowest BCUT2D eigenvalue weighted by Crippen LogP contribution is -2.43. The summed E-state index contributed by atoms with van der Waals surface area (Å²) in [4.78, 5) is 29.8. The fraction of sp³-hybridized carbons (Fsp3) is 0.364. The van der Waals surface area contributed by atoms with Crippen molar-refractivity contribution >= 4 is 29.3 Å². The van der Waals surface area contributed by atoms with E-state index in [-0.39, 0.29) is 34.4 Å². The number of hydrogen-bond donors (Lipinski definition) is 0. The summed E-state index contributed by atoms with van der Waals surface area (Å²) in [5.41, 5.74) is 0.134. The Hall–Kier alpha value is -2.71. The highest BCUT2D eigenvalue weighted by atomic mass is 35.5. The molecule has 0 aliphatic carbocycles. The van der Waals surface area contributed by atoms with Crippen LogP contribution < -0.4 is 4.90 Å². The van der Waals surface area contributed by atoms with Crippen molar-refractivity contribution < 1.29 is 23.1 Å². The third-order valence-corrected chi connectivity index (χ3v) is 5.71. The van der Waals surface area contributed by atoms with Gasteiger partial charge in [-0.15, -0.1) is 0 Å². The van der Waals surface area contributed by atoms with Gasteiger partial charge in [0.15, 0.2) is 5.82 Å². The molecular formula is C22H24ClF2N3O3. The number of halogens is 3. The lowest BCUT2D eigenvalue weighted by Gasteiger charge is -2.29. The topological polar surface area (TPSA) is 53.1 Å². The molecule has 0 radical (unpaired) electrons. The van der Waals surface area contributed by atoms with Gasteiger partial charge in [0, 0.05) is 24.7 Å². The van der Waals surface area contributed by atoms with Gasteiger partial charge in [-0.1, -0.05) is 23.7 Å². The number of methoxy groups -OCH3 is 1. The molecular weight excluding hydrogens is 428 g/mol. The molecule has 9 heteroatoms. The number of urea groups is 1. The molecule has 0 bridgehead atoms. The van der Waals surface area contributed by atoms with Crippen LogP contribution in [0.25, 0.3) is 0 Å². The molecule has 1 atom stereocenters. The van der Waals surface area contributed by atoms with E-state index < -0.39 is 23.6 Å². The molecule has 1 unspecified atom stereocenters. The number of benzene rings is 2. The summed E-state index contributed by atoms with van der Waals surface area (Å²) < 4.78 is 34.1. The first-order valence-corrected chi connectivity index (χ1v) is 10.1. The fourth-order valence-electron chi connectivity index (χ4n) is 3.56. The lowest BCUT2D eigenvalue weighted by atomic mass is 10.1. The molecule has 0 saturated carbocycles. The van der Waals surface area contributed by atoms with Crippen LogP contribution in [-0.2, 0) is 11.3 Å². The van der Waals surface area contributed by atoms with E-state index >= 15 is 0 Å². The molecule has 0 spiro atoms. The minimum atomic E-state index is -0.757. The van der Waals surface area contributed by atoms with Gasteiger partial charge in [0.1, 0.15) is 5.82 Å². The van der Waals surface area contributed by atoms with Gasteiger partial charge in [-0.3, -0.25) is 4.90 Å². The first kappa shape index (κ1) is 23.0. The number of ether oxygens (including phenoxy) is 1. The van der Waals surface area contributed by atoms with Crippen molar-refractivity contribution in [3.8, 4) is 0 Å². The van der Waals surface area contributed by atoms with Gasteiger partial charge in [0.05, 0.1) is 29.9 Å². The Bertz CT molecular complexity index is 986. The van der Waals surface area contributed by atoms with Crippen LogP contribution in [0.1, 0.15) is 22.3 Å². The largest absolute Gasteiger partial charge is 0.465 e. The molecule has 6 nitrogen and oxygen atoms in total. The molecule has 166 valence electrons. The monoisotopic (exact) mass is 451 g/mol. The fourth-order valence-corrected chi connectivity index (χ4v) is 3.72. The van der Waals surface area contributed by atoms with Gasteiger partial charge in [-0.05, 0) is 44.8 Å². The Morgan fingerprint density at radius 1 is 1.23 bits per heavy atom. The summed E-state index contributed by atoms with van der Waals surface area (Å²) in [6.07, 6.45) is 0.785.